The number of nitrogens with two attached hydrogens (primary N) is 1. The van der Waals surface area contributed by atoms with Gasteiger partial charge in [0.1, 0.15) is 5.75 Å². The van der Waals surface area contributed by atoms with Crippen molar-refractivity contribution in [3.05, 3.63) is 121 Å². The molecule has 0 saturated carbocycles. The Balaban J connectivity index is 0.00000541. The number of hydrogen-bond acceptors (Lipinski definition) is 3. The van der Waals surface area contributed by atoms with E-state index < -0.39 is 6.91 Å². The van der Waals surface area contributed by atoms with Crippen LogP contribution in [0, 0.1) is 0 Å². The van der Waals surface area contributed by atoms with Gasteiger partial charge in [0, 0.05) is 5.56 Å². The fraction of sp³-hybridized carbons (Fsp3) is 0.350. The zero-order valence-electron chi connectivity index (χ0n) is 28.9. The van der Waals surface area contributed by atoms with Gasteiger partial charge in [-0.15, -0.1) is 0 Å². The molecular weight excluding hydrogens is 652 g/mol. The van der Waals surface area contributed by atoms with Crippen LogP contribution in [0.4, 0.5) is 4.20 Å². The van der Waals surface area contributed by atoms with E-state index in [0.717, 1.165) is 65.3 Å². The van der Waals surface area contributed by atoms with Crippen molar-refractivity contribution >= 4 is 34.7 Å². The van der Waals surface area contributed by atoms with Crippen LogP contribution in [-0.2, 0) is 0 Å². The van der Waals surface area contributed by atoms with Crippen LogP contribution < -0.4 is 49.4 Å². The molecular formula is C40H52ClFN5OP. The summed E-state index contributed by atoms with van der Waals surface area (Å²) in [7, 11) is 3.89. The van der Waals surface area contributed by atoms with Gasteiger partial charge in [0.05, 0.1) is 14.1 Å². The van der Waals surface area contributed by atoms with Crippen molar-refractivity contribution in [2.24, 2.45) is 10.7 Å². The van der Waals surface area contributed by atoms with Gasteiger partial charge in [-0.2, -0.15) is 4.99 Å². The van der Waals surface area contributed by atoms with E-state index in [1.54, 1.807) is 0 Å². The predicted molar refractivity (Wildman–Crippen MR) is 202 cm³/mol. The molecule has 0 radical (unpaired) electrons. The summed E-state index contributed by atoms with van der Waals surface area (Å²) >= 11 is 0. The summed E-state index contributed by atoms with van der Waals surface area (Å²) in [5, 5.41) is 8.86. The molecule has 0 amide bonds. The molecule has 9 heteroatoms. The molecule has 5 rings (SSSR count). The first-order valence-corrected chi connectivity index (χ1v) is 19.7. The van der Waals surface area contributed by atoms with Crippen LogP contribution in [-0.4, -0.2) is 43.4 Å². The van der Waals surface area contributed by atoms with Crippen molar-refractivity contribution in [2.45, 2.75) is 64.0 Å². The largest absolute Gasteiger partial charge is 1.00 e. The molecule has 1 unspecified atom stereocenters. The van der Waals surface area contributed by atoms with E-state index in [0.29, 0.717) is 18.7 Å². The zero-order valence-corrected chi connectivity index (χ0v) is 30.6. The number of guanidine groups is 2. The topological polar surface area (TPSA) is 74.7 Å². The van der Waals surface area contributed by atoms with E-state index in [9.17, 15) is 0 Å². The Bertz CT molecular complexity index is 1530. The number of aliphatic imine (C=N–C) groups is 1. The van der Waals surface area contributed by atoms with Gasteiger partial charge in [-0.1, -0.05) is 0 Å². The predicted octanol–water partition coefficient (Wildman–Crippen LogP) is 4.13. The fourth-order valence-corrected chi connectivity index (χ4v) is 11.5. The SMILES string of the molecule is C[N+](C)=C1NC(N)=NC(c2ccc(OCCCCCCCCCCCP(F)(c3ccccc3)(c3ccccc3)c3ccccc3)cc2)N1.[Cl-]. The third-order valence-electron chi connectivity index (χ3n) is 9.31. The zero-order chi connectivity index (χ0) is 33.7. The standard InChI is InChI=1S/C40H51FN5OP.ClH/c1-46(2)40-44-38(43-39(42)45-40)33-27-29-34(30-28-33)47-31-19-8-6-4-3-5-7-9-20-32-48(41,35-21-13-10-14-22-35,36-23-15-11-16-24-36)37-25-17-12-18-26-37;/h10-18,21-30,38H,3-9,19-20,31-32H2,1-2H3,(H3,42,43,44,45);1H. The molecule has 0 aliphatic carbocycles. The molecule has 4 aromatic carbocycles. The Hall–Kier alpha value is -3.93. The minimum atomic E-state index is -4.11. The van der Waals surface area contributed by atoms with E-state index in [4.69, 9.17) is 10.5 Å². The van der Waals surface area contributed by atoms with Gasteiger partial charge in [0.15, 0.2) is 6.17 Å². The Morgan fingerprint density at radius 1 is 0.673 bits per heavy atom. The van der Waals surface area contributed by atoms with Crippen LogP contribution in [0.25, 0.3) is 0 Å². The van der Waals surface area contributed by atoms with Crippen molar-refractivity contribution < 1.29 is 25.9 Å². The van der Waals surface area contributed by atoms with E-state index in [1.165, 1.54) is 25.7 Å². The summed E-state index contributed by atoms with van der Waals surface area (Å²) < 4.78 is 26.4. The Labute approximate surface area is 298 Å². The number of unbranched alkanes of at least 4 members (excludes halogenated alkanes) is 8. The van der Waals surface area contributed by atoms with E-state index in [2.05, 4.69) is 15.6 Å². The van der Waals surface area contributed by atoms with E-state index in [-0.39, 0.29) is 18.6 Å². The third kappa shape index (κ3) is 9.40. The summed E-state index contributed by atoms with van der Waals surface area (Å²) in [5.74, 6) is 2.08. The average Bonchev–Trinajstić information content (AvgIpc) is 3.13. The van der Waals surface area contributed by atoms with E-state index in [1.807, 2.05) is 134 Å². The maximum atomic E-state index is 18.5. The van der Waals surface area contributed by atoms with Crippen molar-refractivity contribution in [3.8, 4) is 5.75 Å². The molecule has 0 spiro atoms. The summed E-state index contributed by atoms with van der Waals surface area (Å²) in [6, 6.07) is 37.9. The van der Waals surface area contributed by atoms with E-state index >= 15 is 4.20 Å². The summed E-state index contributed by atoms with van der Waals surface area (Å²) in [6.45, 7) is -3.39. The summed E-state index contributed by atoms with van der Waals surface area (Å²) in [4.78, 5) is 4.46. The summed E-state index contributed by atoms with van der Waals surface area (Å²) in [6.07, 6.45) is 10.4. The molecule has 0 bridgehead atoms. The van der Waals surface area contributed by atoms with Gasteiger partial charge in [0.25, 0.3) is 5.96 Å². The second kappa shape index (κ2) is 18.2. The van der Waals surface area contributed by atoms with Crippen LogP contribution in [0.5, 0.6) is 5.75 Å². The van der Waals surface area contributed by atoms with Crippen molar-refractivity contribution in [2.75, 3.05) is 26.9 Å². The van der Waals surface area contributed by atoms with Crippen LogP contribution in [0.15, 0.2) is 120 Å². The molecule has 6 nitrogen and oxygen atoms in total. The molecule has 1 aliphatic heterocycles. The first-order valence-electron chi connectivity index (χ1n) is 17.4. The Morgan fingerprint density at radius 3 is 1.59 bits per heavy atom. The van der Waals surface area contributed by atoms with Gasteiger partial charge >= 0.3 is 199 Å². The maximum absolute atomic E-state index is 18.5. The molecule has 262 valence electrons. The van der Waals surface area contributed by atoms with Gasteiger partial charge in [-0.05, 0) is 24.3 Å². The molecule has 1 aliphatic rings. The molecule has 4 aromatic rings. The first-order chi connectivity index (χ1) is 23.4. The minimum absolute atomic E-state index is 0. The van der Waals surface area contributed by atoms with Gasteiger partial charge in [-0.3, -0.25) is 9.89 Å². The number of halogens is 2. The van der Waals surface area contributed by atoms with Gasteiger partial charge in [0.2, 0.25) is 0 Å². The Kier molecular flexibility index (Phi) is 14.0. The minimum Gasteiger partial charge on any atom is -1.00 e. The number of hydrogen-bond donors (Lipinski definition) is 3. The number of ether oxygens (including phenoxy) is 1. The second-order valence-corrected chi connectivity index (χ2v) is 17.3. The maximum Gasteiger partial charge on any atom is -0.0195 e. The Morgan fingerprint density at radius 2 is 1.12 bits per heavy atom. The molecule has 0 saturated heterocycles. The van der Waals surface area contributed by atoms with Gasteiger partial charge in [-0.25, -0.2) is 5.32 Å². The molecule has 4 N–H and O–H groups in total. The number of nitrogens with one attached hydrogen (secondary N) is 2. The van der Waals surface area contributed by atoms with Crippen LogP contribution in [0.3, 0.4) is 0 Å². The fourth-order valence-electron chi connectivity index (χ4n) is 6.62. The molecule has 1 heterocycles. The smallest absolute Gasteiger partial charge is 0.0195 e. The third-order valence-corrected chi connectivity index (χ3v) is 14.6. The molecule has 0 aromatic heterocycles. The van der Waals surface area contributed by atoms with Crippen molar-refractivity contribution in [1.82, 2.24) is 10.6 Å². The number of rotatable bonds is 17. The normalized spacial score (nSPS) is 15.1. The first kappa shape index (κ1) is 37.9. The van der Waals surface area contributed by atoms with Crippen LogP contribution in [0.1, 0.15) is 69.5 Å². The molecule has 49 heavy (non-hydrogen) atoms. The number of benzene rings is 4. The average molecular weight is 704 g/mol. The quantitative estimate of drug-likeness (QED) is 0.0880. The second-order valence-electron chi connectivity index (χ2n) is 12.9. The van der Waals surface area contributed by atoms with Crippen molar-refractivity contribution in [1.29, 1.82) is 0 Å². The van der Waals surface area contributed by atoms with Crippen molar-refractivity contribution in [3.63, 3.8) is 0 Å². The molecule has 1 atom stereocenters. The number of nitrogens with zero attached hydrogens (tertiary/aromatic N) is 2. The molecule has 0 fully saturated rings. The van der Waals surface area contributed by atoms with Gasteiger partial charge < -0.3 is 18.1 Å². The summed E-state index contributed by atoms with van der Waals surface area (Å²) in [5.41, 5.74) is 6.99. The van der Waals surface area contributed by atoms with Crippen LogP contribution in [0.2, 0.25) is 0 Å². The van der Waals surface area contributed by atoms with Crippen LogP contribution >= 0.6 is 6.91 Å². The monoisotopic (exact) mass is 703 g/mol.